The second kappa shape index (κ2) is 7.85. The number of carbonyl (C=O) groups is 2. The summed E-state index contributed by atoms with van der Waals surface area (Å²) in [5.41, 5.74) is 1.68. The van der Waals surface area contributed by atoms with Crippen LogP contribution in [-0.4, -0.2) is 43.7 Å². The van der Waals surface area contributed by atoms with E-state index in [0.717, 1.165) is 37.2 Å². The summed E-state index contributed by atoms with van der Waals surface area (Å²) in [7, 11) is 1.73. The second-order valence-electron chi connectivity index (χ2n) is 5.73. The lowest BCUT2D eigenvalue weighted by molar-refractivity contribution is -0.136. The number of nitrogens with zero attached hydrogens (tertiary/aromatic N) is 2. The summed E-state index contributed by atoms with van der Waals surface area (Å²) in [5, 5.41) is 8.94. The fourth-order valence-electron chi connectivity index (χ4n) is 2.62. The van der Waals surface area contributed by atoms with Crippen LogP contribution in [0.2, 0.25) is 0 Å². The maximum absolute atomic E-state index is 11.7. The molecular weight excluding hydrogens is 296 g/mol. The van der Waals surface area contributed by atoms with E-state index in [9.17, 15) is 9.59 Å². The lowest BCUT2D eigenvalue weighted by atomic mass is 10.1. The van der Waals surface area contributed by atoms with Crippen molar-refractivity contribution in [3.05, 3.63) is 18.2 Å². The molecule has 126 valence electrons. The summed E-state index contributed by atoms with van der Waals surface area (Å²) in [6.07, 6.45) is 3.35. The Hall–Kier alpha value is -2.24. The molecule has 0 saturated heterocycles. The Morgan fingerprint density at radius 2 is 2.13 bits per heavy atom. The fraction of sp³-hybridized carbons (Fsp3) is 0.529. The van der Waals surface area contributed by atoms with Gasteiger partial charge in [0.1, 0.15) is 5.75 Å². The molecule has 1 aromatic carbocycles. The number of unbranched alkanes of at least 4 members (excludes halogenated alkanes) is 2. The molecule has 1 N–H and O–H groups in total. The molecule has 0 aromatic heterocycles. The standard InChI is InChI=1S/C17H24N2O4/c1-3-4-5-9-19(10-8-17(21)22)13-6-7-14-15(11-13)23-12-16(20)18(14)2/h6-7,11H,3-5,8-10,12H2,1-2H3,(H,21,22). The Morgan fingerprint density at radius 1 is 1.35 bits per heavy atom. The molecule has 0 fully saturated rings. The zero-order valence-corrected chi connectivity index (χ0v) is 13.7. The van der Waals surface area contributed by atoms with Gasteiger partial charge in [-0.05, 0) is 18.6 Å². The van der Waals surface area contributed by atoms with Crippen molar-refractivity contribution in [2.45, 2.75) is 32.6 Å². The molecule has 23 heavy (non-hydrogen) atoms. The summed E-state index contributed by atoms with van der Waals surface area (Å²) < 4.78 is 5.51. The molecule has 1 aromatic rings. The van der Waals surface area contributed by atoms with E-state index in [1.165, 1.54) is 0 Å². The minimum atomic E-state index is -0.801. The number of hydrogen-bond donors (Lipinski definition) is 1. The highest BCUT2D eigenvalue weighted by molar-refractivity contribution is 5.97. The molecule has 6 nitrogen and oxygen atoms in total. The molecule has 1 aliphatic rings. The highest BCUT2D eigenvalue weighted by atomic mass is 16.5. The molecule has 0 radical (unpaired) electrons. The van der Waals surface area contributed by atoms with Gasteiger partial charge in [-0.25, -0.2) is 0 Å². The van der Waals surface area contributed by atoms with E-state index in [1.807, 2.05) is 18.2 Å². The van der Waals surface area contributed by atoms with E-state index in [-0.39, 0.29) is 18.9 Å². The number of rotatable bonds is 8. The predicted octanol–water partition coefficient (Wildman–Crippen LogP) is 2.51. The van der Waals surface area contributed by atoms with Crippen LogP contribution in [0.15, 0.2) is 18.2 Å². The highest BCUT2D eigenvalue weighted by Gasteiger charge is 2.23. The van der Waals surface area contributed by atoms with Gasteiger partial charge in [-0.2, -0.15) is 0 Å². The average molecular weight is 320 g/mol. The van der Waals surface area contributed by atoms with E-state index in [2.05, 4.69) is 11.8 Å². The van der Waals surface area contributed by atoms with E-state index < -0.39 is 5.97 Å². The molecule has 1 aliphatic heterocycles. The Bertz CT molecular complexity index is 574. The number of benzene rings is 1. The maximum Gasteiger partial charge on any atom is 0.305 e. The number of carboxylic acids is 1. The number of aliphatic carboxylic acids is 1. The van der Waals surface area contributed by atoms with Crippen molar-refractivity contribution in [1.82, 2.24) is 0 Å². The number of carboxylic acid groups (broad SMARTS) is 1. The molecule has 0 unspecified atom stereocenters. The number of fused-ring (bicyclic) bond motifs is 1. The number of amides is 1. The third-order valence-corrected chi connectivity index (χ3v) is 4.02. The quantitative estimate of drug-likeness (QED) is 0.745. The van der Waals surface area contributed by atoms with Crippen LogP contribution < -0.4 is 14.5 Å². The predicted molar refractivity (Wildman–Crippen MR) is 89.3 cm³/mol. The second-order valence-corrected chi connectivity index (χ2v) is 5.73. The van der Waals surface area contributed by atoms with Gasteiger partial charge in [-0.3, -0.25) is 9.59 Å². The number of anilines is 2. The third-order valence-electron chi connectivity index (χ3n) is 4.02. The number of ether oxygens (including phenoxy) is 1. The first kappa shape index (κ1) is 17.1. The monoisotopic (exact) mass is 320 g/mol. The van der Waals surface area contributed by atoms with Crippen molar-refractivity contribution in [3.63, 3.8) is 0 Å². The molecule has 2 rings (SSSR count). The zero-order valence-electron chi connectivity index (χ0n) is 13.7. The van der Waals surface area contributed by atoms with Crippen molar-refractivity contribution in [2.24, 2.45) is 0 Å². The fourth-order valence-corrected chi connectivity index (χ4v) is 2.62. The van der Waals surface area contributed by atoms with Crippen LogP contribution in [0.1, 0.15) is 32.6 Å². The molecule has 0 saturated carbocycles. The van der Waals surface area contributed by atoms with E-state index in [0.29, 0.717) is 12.3 Å². The van der Waals surface area contributed by atoms with E-state index in [1.54, 1.807) is 11.9 Å². The van der Waals surface area contributed by atoms with Crippen LogP contribution in [0, 0.1) is 0 Å². The van der Waals surface area contributed by atoms with Gasteiger partial charge in [0.15, 0.2) is 6.61 Å². The van der Waals surface area contributed by atoms with E-state index in [4.69, 9.17) is 9.84 Å². The highest BCUT2D eigenvalue weighted by Crippen LogP contribution is 2.35. The SMILES string of the molecule is CCCCCN(CCC(=O)O)c1ccc2c(c1)OCC(=O)N2C. The van der Waals surface area contributed by atoms with Crippen LogP contribution in [-0.2, 0) is 9.59 Å². The van der Waals surface area contributed by atoms with Crippen molar-refractivity contribution in [2.75, 3.05) is 36.5 Å². The van der Waals surface area contributed by atoms with Gasteiger partial charge in [0, 0.05) is 31.9 Å². The normalized spacial score (nSPS) is 13.5. The van der Waals surface area contributed by atoms with Crippen molar-refractivity contribution in [3.8, 4) is 5.75 Å². The molecule has 0 spiro atoms. The van der Waals surface area contributed by atoms with Crippen LogP contribution in [0.5, 0.6) is 5.75 Å². The summed E-state index contributed by atoms with van der Waals surface area (Å²) in [6.45, 7) is 3.46. The van der Waals surface area contributed by atoms with Gasteiger partial charge in [0.05, 0.1) is 12.1 Å². The molecule has 6 heteroatoms. The van der Waals surface area contributed by atoms with Crippen molar-refractivity contribution < 1.29 is 19.4 Å². The Labute approximate surface area is 136 Å². The molecule has 0 atom stereocenters. The lowest BCUT2D eigenvalue weighted by Gasteiger charge is -2.29. The minimum absolute atomic E-state index is 0.0396. The van der Waals surface area contributed by atoms with Crippen LogP contribution >= 0.6 is 0 Å². The molecule has 1 amide bonds. The smallest absolute Gasteiger partial charge is 0.305 e. The minimum Gasteiger partial charge on any atom is -0.481 e. The summed E-state index contributed by atoms with van der Waals surface area (Å²) in [6, 6.07) is 5.67. The van der Waals surface area contributed by atoms with Gasteiger partial charge < -0.3 is 19.6 Å². The summed E-state index contributed by atoms with van der Waals surface area (Å²) in [4.78, 5) is 26.2. The first-order chi connectivity index (χ1) is 11.0. The third kappa shape index (κ3) is 4.37. The zero-order chi connectivity index (χ0) is 16.8. The van der Waals surface area contributed by atoms with Gasteiger partial charge in [0.2, 0.25) is 0 Å². The first-order valence-electron chi connectivity index (χ1n) is 8.03. The lowest BCUT2D eigenvalue weighted by Crippen LogP contribution is -2.35. The van der Waals surface area contributed by atoms with Gasteiger partial charge in [-0.1, -0.05) is 19.8 Å². The number of carbonyl (C=O) groups excluding carboxylic acids is 1. The average Bonchev–Trinajstić information content (AvgIpc) is 2.54. The maximum atomic E-state index is 11.7. The Balaban J connectivity index is 2.17. The largest absolute Gasteiger partial charge is 0.481 e. The molecular formula is C17H24N2O4. The Morgan fingerprint density at radius 3 is 2.83 bits per heavy atom. The van der Waals surface area contributed by atoms with Gasteiger partial charge in [-0.15, -0.1) is 0 Å². The van der Waals surface area contributed by atoms with Crippen molar-refractivity contribution >= 4 is 23.3 Å². The van der Waals surface area contributed by atoms with Crippen LogP contribution in [0.3, 0.4) is 0 Å². The van der Waals surface area contributed by atoms with Gasteiger partial charge >= 0.3 is 5.97 Å². The van der Waals surface area contributed by atoms with Crippen LogP contribution in [0.4, 0.5) is 11.4 Å². The Kier molecular flexibility index (Phi) is 5.84. The molecule has 1 heterocycles. The number of hydrogen-bond acceptors (Lipinski definition) is 4. The number of likely N-dealkylation sites (N-methyl/N-ethyl adjacent to an activating group) is 1. The van der Waals surface area contributed by atoms with Crippen LogP contribution in [0.25, 0.3) is 0 Å². The first-order valence-corrected chi connectivity index (χ1v) is 8.03. The molecule has 0 aliphatic carbocycles. The van der Waals surface area contributed by atoms with Crippen molar-refractivity contribution in [1.29, 1.82) is 0 Å². The van der Waals surface area contributed by atoms with E-state index >= 15 is 0 Å². The summed E-state index contributed by atoms with van der Waals surface area (Å²) in [5.74, 6) is -0.207. The summed E-state index contributed by atoms with van der Waals surface area (Å²) >= 11 is 0. The topological polar surface area (TPSA) is 70.1 Å². The van der Waals surface area contributed by atoms with Gasteiger partial charge in [0.25, 0.3) is 5.91 Å². The molecule has 0 bridgehead atoms.